The number of alkyl halides is 3. The van der Waals surface area contributed by atoms with Gasteiger partial charge in [-0.3, -0.25) is 0 Å². The van der Waals surface area contributed by atoms with E-state index in [1.807, 2.05) is 0 Å². The first-order valence-corrected chi connectivity index (χ1v) is 6.55. The lowest BCUT2D eigenvalue weighted by molar-refractivity contribution is -0.137. The Kier molecular flexibility index (Phi) is 3.80. The molecule has 1 aromatic carbocycles. The molecule has 0 amide bonds. The normalized spacial score (nSPS) is 11.6. The number of carboxylic acid groups (broad SMARTS) is 1. The van der Waals surface area contributed by atoms with Crippen LogP contribution in [0.3, 0.4) is 0 Å². The summed E-state index contributed by atoms with van der Waals surface area (Å²) in [6.07, 6.45) is -3.96. The summed E-state index contributed by atoms with van der Waals surface area (Å²) >= 11 is 1.10. The molecule has 0 aliphatic carbocycles. The molecule has 106 valence electrons. The maximum absolute atomic E-state index is 12.7. The van der Waals surface area contributed by atoms with Crippen LogP contribution >= 0.6 is 11.3 Å². The molecular formula is C13H10F3NO2S. The van der Waals surface area contributed by atoms with Crippen LogP contribution in [-0.4, -0.2) is 16.1 Å². The first-order chi connectivity index (χ1) is 9.32. The van der Waals surface area contributed by atoms with Crippen LogP contribution in [0.25, 0.3) is 10.6 Å². The Bertz CT molecular complexity index is 649. The van der Waals surface area contributed by atoms with Crippen LogP contribution in [0.4, 0.5) is 13.2 Å². The van der Waals surface area contributed by atoms with Crippen molar-refractivity contribution in [2.45, 2.75) is 19.5 Å². The fraction of sp³-hybridized carbons (Fsp3) is 0.231. The summed E-state index contributed by atoms with van der Waals surface area (Å²) in [6, 6.07) is 4.71. The van der Waals surface area contributed by atoms with Crippen LogP contribution < -0.4 is 0 Å². The van der Waals surface area contributed by atoms with E-state index >= 15 is 0 Å². The summed E-state index contributed by atoms with van der Waals surface area (Å²) < 4.78 is 38.0. The van der Waals surface area contributed by atoms with Gasteiger partial charge < -0.3 is 5.11 Å². The number of hydrogen-bond donors (Lipinski definition) is 1. The second-order valence-corrected chi connectivity index (χ2v) is 5.11. The lowest BCUT2D eigenvalue weighted by Crippen LogP contribution is -2.04. The smallest absolute Gasteiger partial charge is 0.416 e. The molecule has 2 rings (SSSR count). The molecule has 0 fully saturated rings. The Hall–Kier alpha value is -1.89. The molecule has 0 aliphatic heterocycles. The summed E-state index contributed by atoms with van der Waals surface area (Å²) in [4.78, 5) is 15.5. The van der Waals surface area contributed by atoms with E-state index in [1.165, 1.54) is 12.1 Å². The molecule has 0 bridgehead atoms. The summed E-state index contributed by atoms with van der Waals surface area (Å²) in [6.45, 7) is 1.77. The highest BCUT2D eigenvalue weighted by molar-refractivity contribution is 7.15. The van der Waals surface area contributed by atoms with Crippen molar-refractivity contribution < 1.29 is 23.1 Å². The predicted octanol–water partition coefficient (Wildman–Crippen LogP) is 4.09. The zero-order valence-electron chi connectivity index (χ0n) is 10.4. The molecule has 20 heavy (non-hydrogen) atoms. The first kappa shape index (κ1) is 14.5. The number of nitrogens with zero attached hydrogens (tertiary/aromatic N) is 1. The lowest BCUT2D eigenvalue weighted by Gasteiger charge is -2.07. The van der Waals surface area contributed by atoms with Gasteiger partial charge in [-0.2, -0.15) is 13.2 Å². The molecule has 0 unspecified atom stereocenters. The number of carboxylic acids is 1. The third kappa shape index (κ3) is 2.82. The molecule has 0 saturated heterocycles. The largest absolute Gasteiger partial charge is 0.476 e. The van der Waals surface area contributed by atoms with Gasteiger partial charge >= 0.3 is 12.1 Å². The number of aromatic carboxylic acids is 1. The van der Waals surface area contributed by atoms with Gasteiger partial charge in [0.2, 0.25) is 0 Å². The molecular weight excluding hydrogens is 291 g/mol. The van der Waals surface area contributed by atoms with Gasteiger partial charge in [-0.25, -0.2) is 9.78 Å². The molecule has 3 nitrogen and oxygen atoms in total. The van der Waals surface area contributed by atoms with Gasteiger partial charge in [-0.05, 0) is 18.6 Å². The van der Waals surface area contributed by atoms with Crippen LogP contribution in [0, 0.1) is 0 Å². The molecule has 7 heteroatoms. The van der Waals surface area contributed by atoms with E-state index in [0.717, 1.165) is 23.5 Å². The number of thiazole rings is 1. The fourth-order valence-corrected chi connectivity index (χ4v) is 2.70. The Balaban J connectivity index is 2.49. The third-order valence-electron chi connectivity index (χ3n) is 2.66. The molecule has 2 aromatic rings. The number of benzene rings is 1. The van der Waals surface area contributed by atoms with E-state index in [0.29, 0.717) is 11.3 Å². The van der Waals surface area contributed by atoms with E-state index in [9.17, 15) is 18.0 Å². The Morgan fingerprint density at radius 3 is 2.60 bits per heavy atom. The van der Waals surface area contributed by atoms with Crippen LogP contribution in [-0.2, 0) is 12.6 Å². The van der Waals surface area contributed by atoms with Crippen LogP contribution in [0.2, 0.25) is 0 Å². The summed E-state index contributed by atoms with van der Waals surface area (Å²) in [7, 11) is 0. The van der Waals surface area contributed by atoms with Gasteiger partial charge in [0.25, 0.3) is 0 Å². The predicted molar refractivity (Wildman–Crippen MR) is 68.9 cm³/mol. The molecule has 0 spiro atoms. The van der Waals surface area contributed by atoms with E-state index in [4.69, 9.17) is 5.11 Å². The molecule has 1 N–H and O–H groups in total. The Morgan fingerprint density at radius 1 is 1.40 bits per heavy atom. The van der Waals surface area contributed by atoms with Crippen LogP contribution in [0.15, 0.2) is 24.3 Å². The standard InChI is InChI=1S/C13H10F3NO2S/c1-2-9-10(12(18)19)17-11(20-9)7-4-3-5-8(6-7)13(14,15)16/h3-6H,2H2,1H3,(H,18,19). The number of rotatable bonds is 3. The summed E-state index contributed by atoms with van der Waals surface area (Å²) in [5.41, 5.74) is -0.600. The molecule has 0 atom stereocenters. The minimum atomic E-state index is -4.43. The zero-order chi connectivity index (χ0) is 14.9. The monoisotopic (exact) mass is 301 g/mol. The summed E-state index contributed by atoms with van der Waals surface area (Å²) in [5.74, 6) is -1.17. The second kappa shape index (κ2) is 5.24. The zero-order valence-corrected chi connectivity index (χ0v) is 11.2. The number of carbonyl (C=O) groups is 1. The molecule has 1 aromatic heterocycles. The first-order valence-electron chi connectivity index (χ1n) is 5.73. The maximum Gasteiger partial charge on any atom is 0.416 e. The van der Waals surface area contributed by atoms with Crippen molar-refractivity contribution in [2.24, 2.45) is 0 Å². The molecule has 1 heterocycles. The lowest BCUT2D eigenvalue weighted by atomic mass is 10.1. The molecule has 0 radical (unpaired) electrons. The van der Waals surface area contributed by atoms with Crippen LogP contribution in [0.5, 0.6) is 0 Å². The van der Waals surface area contributed by atoms with Crippen molar-refractivity contribution in [3.63, 3.8) is 0 Å². The average Bonchev–Trinajstić information content (AvgIpc) is 2.82. The van der Waals surface area contributed by atoms with Gasteiger partial charge in [-0.1, -0.05) is 19.1 Å². The van der Waals surface area contributed by atoms with Gasteiger partial charge in [0.15, 0.2) is 5.69 Å². The van der Waals surface area contributed by atoms with Crippen molar-refractivity contribution in [3.05, 3.63) is 40.4 Å². The Labute approximate surface area is 116 Å². The van der Waals surface area contributed by atoms with E-state index in [1.54, 1.807) is 6.92 Å². The van der Waals surface area contributed by atoms with Crippen molar-refractivity contribution >= 4 is 17.3 Å². The van der Waals surface area contributed by atoms with Crippen LogP contribution in [0.1, 0.15) is 27.9 Å². The third-order valence-corrected chi connectivity index (χ3v) is 3.91. The molecule has 0 aliphatic rings. The number of hydrogen-bond acceptors (Lipinski definition) is 3. The van der Waals surface area contributed by atoms with Crippen molar-refractivity contribution in [1.82, 2.24) is 4.98 Å². The highest BCUT2D eigenvalue weighted by Crippen LogP contribution is 2.34. The quantitative estimate of drug-likeness (QED) is 0.929. The average molecular weight is 301 g/mol. The number of aryl methyl sites for hydroxylation is 1. The second-order valence-electron chi connectivity index (χ2n) is 4.03. The number of aromatic nitrogens is 1. The van der Waals surface area contributed by atoms with E-state index in [-0.39, 0.29) is 16.3 Å². The molecule has 0 saturated carbocycles. The van der Waals surface area contributed by atoms with Gasteiger partial charge in [0, 0.05) is 10.4 Å². The van der Waals surface area contributed by atoms with Gasteiger partial charge in [0.05, 0.1) is 5.56 Å². The topological polar surface area (TPSA) is 50.2 Å². The van der Waals surface area contributed by atoms with E-state index in [2.05, 4.69) is 4.98 Å². The fourth-order valence-electron chi connectivity index (χ4n) is 1.71. The van der Waals surface area contributed by atoms with Crippen molar-refractivity contribution in [3.8, 4) is 10.6 Å². The van der Waals surface area contributed by atoms with Gasteiger partial charge in [0.1, 0.15) is 5.01 Å². The van der Waals surface area contributed by atoms with E-state index < -0.39 is 17.7 Å². The maximum atomic E-state index is 12.7. The summed E-state index contributed by atoms with van der Waals surface area (Å²) in [5, 5.41) is 9.29. The minimum Gasteiger partial charge on any atom is -0.476 e. The Morgan fingerprint density at radius 2 is 2.10 bits per heavy atom. The highest BCUT2D eigenvalue weighted by Gasteiger charge is 2.30. The number of halogens is 3. The van der Waals surface area contributed by atoms with Crippen molar-refractivity contribution in [1.29, 1.82) is 0 Å². The minimum absolute atomic E-state index is 0.0927. The van der Waals surface area contributed by atoms with Crippen molar-refractivity contribution in [2.75, 3.05) is 0 Å². The highest BCUT2D eigenvalue weighted by atomic mass is 32.1. The van der Waals surface area contributed by atoms with Gasteiger partial charge in [-0.15, -0.1) is 11.3 Å². The SMILES string of the molecule is CCc1sc(-c2cccc(C(F)(F)F)c2)nc1C(=O)O.